The molecule has 1 aliphatic heterocycles. The maximum Gasteiger partial charge on any atom is 0.415 e. The second kappa shape index (κ2) is 8.16. The second-order valence-electron chi connectivity index (χ2n) is 7.28. The van der Waals surface area contributed by atoms with Crippen LogP contribution in [-0.2, 0) is 28.1 Å². The first-order valence-corrected chi connectivity index (χ1v) is 11.0. The summed E-state index contributed by atoms with van der Waals surface area (Å²) in [5.41, 5.74) is 0.546. The fraction of sp³-hybridized carbons (Fsp3) is 0.300. The molecule has 1 saturated carbocycles. The molecule has 2 N–H and O–H groups in total. The monoisotopic (exact) mass is 449 g/mol. The zero-order chi connectivity index (χ0) is 22.2. The topological polar surface area (TPSA) is 114 Å². The minimum Gasteiger partial charge on any atom is -0.426 e. The van der Waals surface area contributed by atoms with Crippen molar-refractivity contribution >= 4 is 28.0 Å². The predicted octanol–water partition coefficient (Wildman–Crippen LogP) is 2.53. The van der Waals surface area contributed by atoms with Crippen molar-refractivity contribution in [2.45, 2.75) is 25.9 Å². The van der Waals surface area contributed by atoms with E-state index in [4.69, 9.17) is 9.47 Å². The molecule has 1 amide bonds. The summed E-state index contributed by atoms with van der Waals surface area (Å²) in [5.74, 6) is -0.571. The third-order valence-electron chi connectivity index (χ3n) is 4.94. The van der Waals surface area contributed by atoms with Crippen molar-refractivity contribution in [2.75, 3.05) is 11.8 Å². The van der Waals surface area contributed by atoms with E-state index in [0.717, 1.165) is 12.8 Å². The summed E-state index contributed by atoms with van der Waals surface area (Å²) in [6.07, 6.45) is 0.947. The zero-order valence-corrected chi connectivity index (χ0v) is 17.4. The first-order valence-electron chi connectivity index (χ1n) is 9.56. The quantitative estimate of drug-likeness (QED) is 0.496. The van der Waals surface area contributed by atoms with Gasteiger partial charge >= 0.3 is 12.1 Å². The average Bonchev–Trinajstić information content (AvgIpc) is 3.57. The molecule has 0 radical (unpaired) electrons. The molecule has 31 heavy (non-hydrogen) atoms. The van der Waals surface area contributed by atoms with E-state index in [9.17, 15) is 22.4 Å². The zero-order valence-electron chi connectivity index (χ0n) is 16.6. The minimum absolute atomic E-state index is 0.0580. The van der Waals surface area contributed by atoms with Crippen molar-refractivity contribution in [2.24, 2.45) is 5.92 Å². The van der Waals surface area contributed by atoms with Crippen LogP contribution < -0.4 is 18.9 Å². The number of rotatable bonds is 7. The van der Waals surface area contributed by atoms with Crippen LogP contribution in [0.15, 0.2) is 36.4 Å². The lowest BCUT2D eigenvalue weighted by Gasteiger charge is -2.28. The van der Waals surface area contributed by atoms with Crippen LogP contribution in [0.1, 0.15) is 24.0 Å². The van der Waals surface area contributed by atoms with Crippen molar-refractivity contribution < 1.29 is 31.9 Å². The second-order valence-corrected chi connectivity index (χ2v) is 8.90. The first-order chi connectivity index (χ1) is 14.8. The highest BCUT2D eigenvalue weighted by Crippen LogP contribution is 2.34. The highest BCUT2D eigenvalue weighted by atomic mass is 32.2. The van der Waals surface area contributed by atoms with Gasteiger partial charge in [0.15, 0.2) is 5.82 Å². The molecule has 9 nitrogen and oxygen atoms in total. The smallest absolute Gasteiger partial charge is 0.415 e. The number of carbonyl (C=O) groups is 2. The molecule has 0 spiro atoms. The van der Waals surface area contributed by atoms with E-state index in [1.54, 1.807) is 12.1 Å². The Balaban J connectivity index is 1.49. The van der Waals surface area contributed by atoms with E-state index in [1.807, 2.05) is 4.72 Å². The molecule has 164 valence electrons. The Kier molecular flexibility index (Phi) is 5.54. The number of fused-ring (bicyclic) bond motifs is 1. The summed E-state index contributed by atoms with van der Waals surface area (Å²) >= 11 is 0. The van der Waals surface area contributed by atoms with Crippen LogP contribution in [0.2, 0.25) is 0 Å². The van der Waals surface area contributed by atoms with Crippen LogP contribution >= 0.6 is 0 Å². The Bertz CT molecular complexity index is 1150. The van der Waals surface area contributed by atoms with Crippen molar-refractivity contribution in [3.63, 3.8) is 0 Å². The Morgan fingerprint density at radius 1 is 1.29 bits per heavy atom. The molecular formula is C20H20FN3O6S. The maximum absolute atomic E-state index is 14.8. The van der Waals surface area contributed by atoms with Crippen molar-refractivity contribution in [3.8, 4) is 11.5 Å². The van der Waals surface area contributed by atoms with Crippen LogP contribution in [0.5, 0.6) is 11.5 Å². The molecule has 1 fully saturated rings. The van der Waals surface area contributed by atoms with Gasteiger partial charge in [0, 0.05) is 24.2 Å². The molecule has 11 heteroatoms. The summed E-state index contributed by atoms with van der Waals surface area (Å²) in [4.78, 5) is 25.5. The molecule has 0 saturated heterocycles. The molecule has 0 atom stereocenters. The lowest BCUT2D eigenvalue weighted by Crippen LogP contribution is -2.36. The van der Waals surface area contributed by atoms with Gasteiger partial charge in [-0.25, -0.2) is 13.9 Å². The molecular weight excluding hydrogens is 429 g/mol. The summed E-state index contributed by atoms with van der Waals surface area (Å²) < 4.78 is 52.8. The number of ether oxygens (including phenoxy) is 2. The number of anilines is 1. The van der Waals surface area contributed by atoms with E-state index < -0.39 is 22.1 Å². The maximum atomic E-state index is 14.8. The predicted molar refractivity (Wildman–Crippen MR) is 108 cm³/mol. The van der Waals surface area contributed by atoms with Crippen LogP contribution in [0, 0.1) is 11.7 Å². The molecule has 0 bridgehead atoms. The number of nitrogens with zero attached hydrogens (tertiary/aromatic N) is 1. The molecule has 1 heterocycles. The fourth-order valence-electron chi connectivity index (χ4n) is 3.07. The van der Waals surface area contributed by atoms with E-state index in [1.165, 1.54) is 36.2 Å². The molecule has 2 aliphatic rings. The van der Waals surface area contributed by atoms with E-state index in [0.29, 0.717) is 11.3 Å². The lowest BCUT2D eigenvalue weighted by atomic mass is 10.1. The van der Waals surface area contributed by atoms with Gasteiger partial charge in [-0.15, -0.1) is 0 Å². The molecule has 0 unspecified atom stereocenters. The number of carbonyl (C=O) groups excluding carboxylic acids is 2. The number of hydrogen-bond acceptors (Lipinski definition) is 6. The fourth-order valence-corrected chi connectivity index (χ4v) is 3.62. The third-order valence-corrected chi connectivity index (χ3v) is 5.96. The Morgan fingerprint density at radius 2 is 2.06 bits per heavy atom. The van der Waals surface area contributed by atoms with Gasteiger partial charge in [0.25, 0.3) is 10.2 Å². The SMILES string of the molecule is CNS(=O)(=O)Nc1cccc(CN2Cc3ccc(OC(=O)C4CC4)cc3OC2=O)c1F. The van der Waals surface area contributed by atoms with Gasteiger partial charge in [0.1, 0.15) is 11.5 Å². The van der Waals surface area contributed by atoms with Crippen LogP contribution in [0.25, 0.3) is 0 Å². The molecule has 1 aliphatic carbocycles. The normalized spacial score (nSPS) is 15.8. The van der Waals surface area contributed by atoms with Crippen LogP contribution in [0.4, 0.5) is 14.9 Å². The lowest BCUT2D eigenvalue weighted by molar-refractivity contribution is -0.135. The molecule has 0 aromatic heterocycles. The van der Waals surface area contributed by atoms with Gasteiger partial charge in [0.2, 0.25) is 0 Å². The van der Waals surface area contributed by atoms with Crippen molar-refractivity contribution in [1.29, 1.82) is 0 Å². The standard InChI is InChI=1S/C20H20FN3O6S/c1-22-31(27,28)23-16-4-2-3-14(18(16)21)11-24-10-13-7-8-15(9-17(13)30-20(24)26)29-19(25)12-5-6-12/h2-4,7-9,12,22-23H,5-6,10-11H2,1H3. The van der Waals surface area contributed by atoms with Gasteiger partial charge in [-0.3, -0.25) is 14.4 Å². The van der Waals surface area contributed by atoms with Gasteiger partial charge in [0.05, 0.1) is 24.7 Å². The minimum atomic E-state index is -3.89. The number of nitrogens with one attached hydrogen (secondary N) is 2. The van der Waals surface area contributed by atoms with Gasteiger partial charge in [-0.05, 0) is 31.0 Å². The van der Waals surface area contributed by atoms with E-state index in [-0.39, 0.29) is 42.0 Å². The Morgan fingerprint density at radius 3 is 2.77 bits per heavy atom. The van der Waals surface area contributed by atoms with Gasteiger partial charge in [-0.2, -0.15) is 8.42 Å². The summed E-state index contributed by atoms with van der Waals surface area (Å²) in [6.45, 7) is 0.0224. The largest absolute Gasteiger partial charge is 0.426 e. The molecule has 2 aromatic carbocycles. The van der Waals surface area contributed by atoms with E-state index >= 15 is 0 Å². The van der Waals surface area contributed by atoms with Crippen molar-refractivity contribution in [1.82, 2.24) is 9.62 Å². The third kappa shape index (κ3) is 4.78. The van der Waals surface area contributed by atoms with Crippen molar-refractivity contribution in [3.05, 3.63) is 53.3 Å². The number of esters is 1. The van der Waals surface area contributed by atoms with E-state index in [2.05, 4.69) is 4.72 Å². The Hall–Kier alpha value is -3.18. The summed E-state index contributed by atoms with van der Waals surface area (Å²) in [7, 11) is -2.69. The molecule has 2 aromatic rings. The van der Waals surface area contributed by atoms with Crippen LogP contribution in [-0.4, -0.2) is 32.4 Å². The molecule has 4 rings (SSSR count). The highest BCUT2D eigenvalue weighted by Gasteiger charge is 2.32. The summed E-state index contributed by atoms with van der Waals surface area (Å²) in [5, 5.41) is 0. The van der Waals surface area contributed by atoms with Gasteiger partial charge < -0.3 is 9.47 Å². The number of benzene rings is 2. The number of hydrogen-bond donors (Lipinski definition) is 2. The average molecular weight is 449 g/mol. The number of amides is 1. The summed E-state index contributed by atoms with van der Waals surface area (Å²) in [6, 6.07) is 8.99. The highest BCUT2D eigenvalue weighted by molar-refractivity contribution is 7.90. The van der Waals surface area contributed by atoms with Crippen LogP contribution in [0.3, 0.4) is 0 Å². The van der Waals surface area contributed by atoms with Gasteiger partial charge in [-0.1, -0.05) is 12.1 Å². The Labute approximate surface area is 178 Å². The first kappa shape index (κ1) is 21.1. The number of halogens is 1.